The number of allylic oxidation sites excluding steroid dienone is 3. The predicted molar refractivity (Wildman–Crippen MR) is 250 cm³/mol. The highest BCUT2D eigenvalue weighted by Gasteiger charge is 2.38. The molecule has 11 heteroatoms. The Morgan fingerprint density at radius 2 is 1.53 bits per heavy atom. The third-order valence-electron chi connectivity index (χ3n) is 10.4. The van der Waals surface area contributed by atoms with Crippen LogP contribution in [0.1, 0.15) is 31.4 Å². The lowest BCUT2D eigenvalue weighted by Crippen LogP contribution is -3.00. The summed E-state index contributed by atoms with van der Waals surface area (Å²) in [5.74, 6) is 2.40. The number of halogens is 2. The number of benzene rings is 5. The van der Waals surface area contributed by atoms with Crippen molar-refractivity contribution in [2.24, 2.45) is 0 Å². The lowest BCUT2D eigenvalue weighted by atomic mass is 9.89. The number of hydrogen-bond donors (Lipinski definition) is 1. The maximum Gasteiger partial charge on any atom is 0.375 e. The highest BCUT2D eigenvalue weighted by molar-refractivity contribution is 9.10. The topological polar surface area (TPSA) is 70.0 Å². The van der Waals surface area contributed by atoms with Gasteiger partial charge < -0.3 is 36.5 Å². The summed E-state index contributed by atoms with van der Waals surface area (Å²) in [7, 11) is -0.614. The molecule has 0 saturated heterocycles. The van der Waals surface area contributed by atoms with Crippen molar-refractivity contribution in [3.63, 3.8) is 0 Å². The number of aliphatic hydroxyl groups excluding tert-OH is 1. The van der Waals surface area contributed by atoms with Crippen LogP contribution in [0.2, 0.25) is 0 Å². The summed E-state index contributed by atoms with van der Waals surface area (Å²) in [5, 5.41) is 12.1. The van der Waals surface area contributed by atoms with Crippen LogP contribution >= 0.6 is 35.6 Å². The van der Waals surface area contributed by atoms with E-state index in [9.17, 15) is 9.90 Å². The Hall–Kier alpha value is -4.47. The first-order chi connectivity index (χ1) is 28.4. The minimum absolute atomic E-state index is 0. The van der Waals surface area contributed by atoms with Crippen LogP contribution in [0, 0.1) is 6.92 Å². The molecule has 0 unspecified atom stereocenters. The molecule has 8 rings (SSSR count). The van der Waals surface area contributed by atoms with Crippen molar-refractivity contribution in [3.8, 4) is 0 Å². The molecule has 1 aromatic heterocycles. The number of aryl methyl sites for hydroxylation is 1. The van der Waals surface area contributed by atoms with Crippen LogP contribution in [-0.4, -0.2) is 55.7 Å². The highest BCUT2D eigenvalue weighted by Crippen LogP contribution is 2.47. The van der Waals surface area contributed by atoms with Gasteiger partial charge in [-0.3, -0.25) is 4.79 Å². The van der Waals surface area contributed by atoms with Crippen molar-refractivity contribution in [1.82, 2.24) is 0 Å². The molecule has 1 aliphatic heterocycles. The van der Waals surface area contributed by atoms with Gasteiger partial charge in [-0.05, 0) is 74.4 Å². The van der Waals surface area contributed by atoms with Gasteiger partial charge in [-0.2, -0.15) is 4.57 Å². The molecule has 0 fully saturated rings. The Balaban J connectivity index is 0.00000302. The van der Waals surface area contributed by atoms with Gasteiger partial charge in [0.1, 0.15) is 5.82 Å². The first-order valence-electron chi connectivity index (χ1n) is 19.7. The average molecular weight is 923 g/mol. The number of aromatic nitrogens is 1. The number of Topliss-reactive ketones (excluding diaryl/α,β-unsaturated/α-hetero) is 1. The van der Waals surface area contributed by atoms with Crippen LogP contribution in [0.15, 0.2) is 164 Å². The second-order valence-electron chi connectivity index (χ2n) is 14.2. The summed E-state index contributed by atoms with van der Waals surface area (Å²) in [6.45, 7) is 6.76. The summed E-state index contributed by atoms with van der Waals surface area (Å²) < 4.78 is 15.5. The van der Waals surface area contributed by atoms with E-state index in [2.05, 4.69) is 165 Å². The molecule has 5 aromatic carbocycles. The minimum Gasteiger partial charge on any atom is -1.00 e. The summed E-state index contributed by atoms with van der Waals surface area (Å²) in [5.41, 5.74) is 7.52. The number of aliphatic hydroxyl groups is 1. The maximum atomic E-state index is 14.6. The predicted octanol–water partition coefficient (Wildman–Crippen LogP) is 6.76. The van der Waals surface area contributed by atoms with Crippen LogP contribution < -0.4 is 37.4 Å². The number of rotatable bonds is 16. The molecular formula is C49H50BrClN3O4PS. The van der Waals surface area contributed by atoms with Crippen LogP contribution in [0.3, 0.4) is 0 Å². The van der Waals surface area contributed by atoms with Gasteiger partial charge in [-0.1, -0.05) is 120 Å². The molecule has 0 radical (unpaired) electrons. The minimum atomic E-state index is -0.614. The summed E-state index contributed by atoms with van der Waals surface area (Å²) in [6.07, 6.45) is 4.99. The molecule has 1 N–H and O–H groups in total. The second-order valence-corrected chi connectivity index (χ2v) is 18.5. The van der Waals surface area contributed by atoms with Crippen LogP contribution in [-0.2, 0) is 16.1 Å². The van der Waals surface area contributed by atoms with Crippen LogP contribution in [0.25, 0.3) is 17.2 Å². The first kappa shape index (κ1) is 45.1. The molecule has 60 heavy (non-hydrogen) atoms. The Bertz CT molecular complexity index is 2470. The maximum absolute atomic E-state index is 14.6. The molecule has 0 spiro atoms. The van der Waals surface area contributed by atoms with Crippen molar-refractivity contribution in [2.75, 3.05) is 54.6 Å². The van der Waals surface area contributed by atoms with Crippen molar-refractivity contribution < 1.29 is 36.0 Å². The fourth-order valence-corrected chi connectivity index (χ4v) is 11.7. The molecule has 0 atom stereocenters. The Morgan fingerprint density at radius 1 is 0.850 bits per heavy atom. The molecule has 0 saturated carbocycles. The number of oxazole rings is 1. The zero-order valence-corrected chi connectivity index (χ0v) is 37.1. The van der Waals surface area contributed by atoms with Gasteiger partial charge in [-0.25, -0.2) is 0 Å². The standard InChI is InChI=1S/C48H46BrN3O4PS.CH4.ClH/c1-3-50-43-30-36(49)20-22-41(43)51(23-25-55-26-24-53)45(50)31-39-47(54)40(48(39)58-28-27-57(37-15-9-5-10-16-37)38-17-11-6-12-18-38)32-46-52(33-35-13-7-4-8-14-35)42-21-19-34(2)29-44(42)56-46;;/h4-22,29-32,53H,3,23-28,33H2,1-2H3;1H4;1H/q+1;;/p-1. The van der Waals surface area contributed by atoms with Crippen LogP contribution in [0.5, 0.6) is 0 Å². The van der Waals surface area contributed by atoms with E-state index < -0.39 is 7.92 Å². The molecule has 7 nitrogen and oxygen atoms in total. The third-order valence-corrected chi connectivity index (χ3v) is 14.8. The number of anilines is 2. The number of nitrogens with zero attached hydrogens (tertiary/aromatic N) is 3. The van der Waals surface area contributed by atoms with Gasteiger partial charge in [0, 0.05) is 51.0 Å². The molecule has 0 bridgehead atoms. The Morgan fingerprint density at radius 3 is 2.20 bits per heavy atom. The van der Waals surface area contributed by atoms with Crippen molar-refractivity contribution in [2.45, 2.75) is 27.8 Å². The Kier molecular flexibility index (Phi) is 15.7. The van der Waals surface area contributed by atoms with E-state index in [4.69, 9.17) is 9.15 Å². The third kappa shape index (κ3) is 9.68. The van der Waals surface area contributed by atoms with Crippen LogP contribution in [0.4, 0.5) is 11.4 Å². The quantitative estimate of drug-likeness (QED) is 0.0499. The van der Waals surface area contributed by atoms with E-state index in [1.165, 1.54) is 10.6 Å². The van der Waals surface area contributed by atoms with E-state index in [-0.39, 0.29) is 38.8 Å². The highest BCUT2D eigenvalue weighted by atomic mass is 79.9. The smallest absolute Gasteiger partial charge is 0.375 e. The van der Waals surface area contributed by atoms with Gasteiger partial charge in [-0.15, -0.1) is 11.8 Å². The second kappa shape index (κ2) is 20.9. The summed E-state index contributed by atoms with van der Waals surface area (Å²) in [4.78, 5) is 20.1. The normalized spacial score (nSPS) is 14.8. The zero-order valence-electron chi connectivity index (χ0n) is 33.1. The lowest BCUT2D eigenvalue weighted by molar-refractivity contribution is -0.669. The number of carbonyl (C=O) groups excluding carboxylic acids is 1. The molecule has 2 heterocycles. The van der Waals surface area contributed by atoms with Crippen molar-refractivity contribution in [1.29, 1.82) is 0 Å². The van der Waals surface area contributed by atoms with E-state index >= 15 is 0 Å². The summed E-state index contributed by atoms with van der Waals surface area (Å²) >= 11 is 5.44. The fraction of sp³-hybridized carbons (Fsp3) is 0.224. The number of fused-ring (bicyclic) bond motifs is 2. The molecule has 1 aliphatic carbocycles. The fourth-order valence-electron chi connectivity index (χ4n) is 7.59. The molecule has 0 amide bonds. The number of ketones is 1. The molecule has 6 aromatic rings. The number of ether oxygens (including phenoxy) is 1. The van der Waals surface area contributed by atoms with E-state index in [1.54, 1.807) is 11.8 Å². The number of thioether (sulfide) groups is 1. The largest absolute Gasteiger partial charge is 1.00 e. The van der Waals surface area contributed by atoms with Crippen molar-refractivity contribution >= 4 is 80.6 Å². The first-order valence-corrected chi connectivity index (χ1v) is 23.0. The SMILES string of the molecule is C.CCN1C(=CC2=C(SCCP(c3ccccc3)c3ccccc3)C(=Cc3oc4cc(C)ccc4[n+]3Cc3ccccc3)C2=O)N(CCOCCO)c2ccc(Br)cc21.[Cl-]. The molecule has 310 valence electrons. The van der Waals surface area contributed by atoms with Crippen molar-refractivity contribution in [3.05, 3.63) is 177 Å². The molecular weight excluding hydrogens is 873 g/mol. The lowest BCUT2D eigenvalue weighted by Gasteiger charge is -2.28. The van der Waals surface area contributed by atoms with E-state index in [0.29, 0.717) is 43.3 Å². The van der Waals surface area contributed by atoms with Gasteiger partial charge in [0.15, 0.2) is 12.3 Å². The van der Waals surface area contributed by atoms with Gasteiger partial charge in [0.2, 0.25) is 5.58 Å². The Labute approximate surface area is 373 Å². The van der Waals surface area contributed by atoms with Gasteiger partial charge >= 0.3 is 5.89 Å². The number of hydrogen-bond acceptors (Lipinski definition) is 7. The van der Waals surface area contributed by atoms with E-state index in [0.717, 1.165) is 60.7 Å². The number of carbonyl (C=O) groups is 1. The monoisotopic (exact) mass is 921 g/mol. The summed E-state index contributed by atoms with van der Waals surface area (Å²) in [6, 6.07) is 44.5. The zero-order chi connectivity index (χ0) is 40.0. The average Bonchev–Trinajstić information content (AvgIpc) is 3.74. The molecule has 2 aliphatic rings. The van der Waals surface area contributed by atoms with Gasteiger partial charge in [0.05, 0.1) is 37.3 Å². The van der Waals surface area contributed by atoms with Gasteiger partial charge in [0.25, 0.3) is 5.52 Å². The van der Waals surface area contributed by atoms with E-state index in [1.807, 2.05) is 18.2 Å².